The Hall–Kier alpha value is -2.63. The molecule has 0 aliphatic carbocycles. The van der Waals surface area contributed by atoms with Gasteiger partial charge >= 0.3 is 5.97 Å². The number of hydrogen-bond donors (Lipinski definition) is 4. The maximum Gasteiger partial charge on any atom is 0.306 e. The Labute approximate surface area is 365 Å². The fraction of sp³-hybridized carbons (Fsp3) is 0.706. The van der Waals surface area contributed by atoms with Crippen molar-refractivity contribution in [2.24, 2.45) is 0 Å². The van der Waals surface area contributed by atoms with Crippen LogP contribution in [0.2, 0.25) is 0 Å². The highest BCUT2D eigenvalue weighted by Crippen LogP contribution is 2.22. The van der Waals surface area contributed by atoms with E-state index in [2.05, 4.69) is 98.9 Å². The van der Waals surface area contributed by atoms with Crippen LogP contribution in [-0.2, 0) is 23.7 Å². The first-order valence-corrected chi connectivity index (χ1v) is 23.7. The predicted molar refractivity (Wildman–Crippen MR) is 247 cm³/mol. The van der Waals surface area contributed by atoms with Gasteiger partial charge in [0.1, 0.15) is 30.5 Å². The van der Waals surface area contributed by atoms with E-state index in [9.17, 15) is 25.2 Å². The normalized spacial score (nSPS) is 20.8. The van der Waals surface area contributed by atoms with Crippen LogP contribution in [0.25, 0.3) is 0 Å². The summed E-state index contributed by atoms with van der Waals surface area (Å²) < 4.78 is 22.7. The van der Waals surface area contributed by atoms with Gasteiger partial charge in [0.25, 0.3) is 0 Å². The Morgan fingerprint density at radius 2 is 1.02 bits per heavy atom. The van der Waals surface area contributed by atoms with Crippen molar-refractivity contribution < 1.29 is 44.2 Å². The predicted octanol–water partition coefficient (Wildman–Crippen LogP) is 11.0. The van der Waals surface area contributed by atoms with Gasteiger partial charge in [0.05, 0.1) is 26.4 Å². The molecule has 1 aliphatic heterocycles. The van der Waals surface area contributed by atoms with Gasteiger partial charge in [-0.05, 0) is 77.0 Å². The third kappa shape index (κ3) is 32.1. The number of ether oxygens (including phenoxy) is 4. The smallest absolute Gasteiger partial charge is 0.306 e. The first-order valence-electron chi connectivity index (χ1n) is 23.7. The quantitative estimate of drug-likeness (QED) is 0.0271. The summed E-state index contributed by atoms with van der Waals surface area (Å²) >= 11 is 0. The second-order valence-corrected chi connectivity index (χ2v) is 15.8. The second-order valence-electron chi connectivity index (χ2n) is 15.8. The van der Waals surface area contributed by atoms with Crippen molar-refractivity contribution in [3.8, 4) is 0 Å². The van der Waals surface area contributed by atoms with Gasteiger partial charge in [0.15, 0.2) is 6.29 Å². The third-order valence-corrected chi connectivity index (χ3v) is 10.3. The molecule has 1 heterocycles. The number of hydrogen-bond acceptors (Lipinski definition) is 9. The van der Waals surface area contributed by atoms with Crippen LogP contribution < -0.4 is 0 Å². The average Bonchev–Trinajstić information content (AvgIpc) is 3.25. The van der Waals surface area contributed by atoms with Gasteiger partial charge in [-0.15, -0.1) is 0 Å². The lowest BCUT2D eigenvalue weighted by atomic mass is 9.99. The number of aliphatic hydroxyl groups is 4. The van der Waals surface area contributed by atoms with Gasteiger partial charge in [-0.25, -0.2) is 0 Å². The molecule has 0 bridgehead atoms. The molecule has 60 heavy (non-hydrogen) atoms. The van der Waals surface area contributed by atoms with Crippen LogP contribution in [0, 0.1) is 0 Å². The van der Waals surface area contributed by atoms with Gasteiger partial charge in [-0.3, -0.25) is 4.79 Å². The average molecular weight is 843 g/mol. The summed E-state index contributed by atoms with van der Waals surface area (Å²) in [6.07, 6.45) is 49.2. The van der Waals surface area contributed by atoms with Crippen molar-refractivity contribution in [2.75, 3.05) is 26.4 Å². The van der Waals surface area contributed by atoms with Crippen LogP contribution in [0.5, 0.6) is 0 Å². The molecule has 1 rings (SSSR count). The maximum atomic E-state index is 12.8. The highest BCUT2D eigenvalue weighted by atomic mass is 16.7. The monoisotopic (exact) mass is 843 g/mol. The zero-order valence-corrected chi connectivity index (χ0v) is 37.7. The van der Waals surface area contributed by atoms with E-state index in [1.807, 2.05) is 0 Å². The van der Waals surface area contributed by atoms with Crippen LogP contribution in [-0.4, -0.2) is 89.6 Å². The van der Waals surface area contributed by atoms with Crippen molar-refractivity contribution in [1.29, 1.82) is 0 Å². The molecule has 0 spiro atoms. The van der Waals surface area contributed by atoms with E-state index in [1.54, 1.807) is 0 Å². The molecule has 344 valence electrons. The van der Waals surface area contributed by atoms with Crippen molar-refractivity contribution in [1.82, 2.24) is 0 Å². The van der Waals surface area contributed by atoms with E-state index >= 15 is 0 Å². The van der Waals surface area contributed by atoms with Crippen LogP contribution in [0.4, 0.5) is 0 Å². The summed E-state index contributed by atoms with van der Waals surface area (Å²) in [6, 6.07) is 0. The SMILES string of the molecule is CC/C=C\C/C=C\C/C=C\C/C=C\C/C=C\CCOCC(COC1OC(CO)C(O)C(O)C1O)OC(=O)CCCCCCCCCCC/C=C\C/C=C\CCCCCCC. The largest absolute Gasteiger partial charge is 0.457 e. The van der Waals surface area contributed by atoms with Crippen LogP contribution in [0.3, 0.4) is 0 Å². The van der Waals surface area contributed by atoms with Gasteiger partial charge in [-0.2, -0.15) is 0 Å². The summed E-state index contributed by atoms with van der Waals surface area (Å²) in [5, 5.41) is 40.1. The van der Waals surface area contributed by atoms with Crippen molar-refractivity contribution in [3.05, 3.63) is 85.1 Å². The highest BCUT2D eigenvalue weighted by molar-refractivity contribution is 5.69. The molecular formula is C51H86O9. The molecule has 1 aliphatic rings. The molecule has 0 aromatic rings. The molecule has 9 heteroatoms. The van der Waals surface area contributed by atoms with Crippen LogP contribution in [0.15, 0.2) is 85.1 Å². The number of rotatable bonds is 39. The molecule has 0 radical (unpaired) electrons. The van der Waals surface area contributed by atoms with Crippen LogP contribution >= 0.6 is 0 Å². The fourth-order valence-electron chi connectivity index (χ4n) is 6.64. The van der Waals surface area contributed by atoms with Gasteiger partial charge in [-0.1, -0.05) is 170 Å². The maximum absolute atomic E-state index is 12.8. The Morgan fingerprint density at radius 1 is 0.550 bits per heavy atom. The molecular weight excluding hydrogens is 757 g/mol. The molecule has 6 atom stereocenters. The van der Waals surface area contributed by atoms with E-state index in [1.165, 1.54) is 83.5 Å². The second kappa shape index (κ2) is 41.7. The van der Waals surface area contributed by atoms with E-state index in [4.69, 9.17) is 18.9 Å². The van der Waals surface area contributed by atoms with E-state index < -0.39 is 43.4 Å². The molecule has 0 aromatic carbocycles. The number of carbonyl (C=O) groups excluding carboxylic acids is 1. The molecule has 0 aromatic heterocycles. The number of unbranched alkanes of at least 4 members (excludes halogenated alkanes) is 14. The lowest BCUT2D eigenvalue weighted by molar-refractivity contribution is -0.305. The molecule has 4 N–H and O–H groups in total. The Morgan fingerprint density at radius 3 is 1.53 bits per heavy atom. The molecule has 1 saturated heterocycles. The van der Waals surface area contributed by atoms with E-state index in [0.717, 1.165) is 57.8 Å². The number of allylic oxidation sites excluding steroid dienone is 13. The fourth-order valence-corrected chi connectivity index (χ4v) is 6.64. The summed E-state index contributed by atoms with van der Waals surface area (Å²) in [4.78, 5) is 12.8. The minimum atomic E-state index is -1.55. The summed E-state index contributed by atoms with van der Waals surface area (Å²) in [5.74, 6) is -0.346. The topological polar surface area (TPSA) is 135 Å². The zero-order chi connectivity index (χ0) is 43.6. The first-order chi connectivity index (χ1) is 29.4. The van der Waals surface area contributed by atoms with Gasteiger partial charge < -0.3 is 39.4 Å². The molecule has 1 fully saturated rings. The molecule has 9 nitrogen and oxygen atoms in total. The summed E-state index contributed by atoms with van der Waals surface area (Å²) in [6.45, 7) is 4.20. The van der Waals surface area contributed by atoms with E-state index in [0.29, 0.717) is 19.4 Å². The Balaban J connectivity index is 2.29. The van der Waals surface area contributed by atoms with Crippen molar-refractivity contribution in [2.45, 2.75) is 205 Å². The molecule has 0 saturated carbocycles. The zero-order valence-electron chi connectivity index (χ0n) is 37.7. The lowest BCUT2D eigenvalue weighted by Crippen LogP contribution is -2.59. The van der Waals surface area contributed by atoms with Gasteiger partial charge in [0, 0.05) is 6.42 Å². The van der Waals surface area contributed by atoms with Gasteiger partial charge in [0.2, 0.25) is 0 Å². The van der Waals surface area contributed by atoms with Crippen molar-refractivity contribution >= 4 is 5.97 Å². The Bertz CT molecular complexity index is 1190. The highest BCUT2D eigenvalue weighted by Gasteiger charge is 2.44. The molecule has 6 unspecified atom stereocenters. The molecule has 0 amide bonds. The number of carbonyl (C=O) groups is 1. The van der Waals surface area contributed by atoms with Crippen LogP contribution in [0.1, 0.15) is 168 Å². The van der Waals surface area contributed by atoms with E-state index in [-0.39, 0.29) is 19.2 Å². The third-order valence-electron chi connectivity index (χ3n) is 10.3. The number of aliphatic hydroxyl groups excluding tert-OH is 4. The Kier molecular flexibility index (Phi) is 38.5. The minimum absolute atomic E-state index is 0.0841. The summed E-state index contributed by atoms with van der Waals surface area (Å²) in [5.41, 5.74) is 0. The first kappa shape index (κ1) is 55.4. The number of esters is 1. The lowest BCUT2D eigenvalue weighted by Gasteiger charge is -2.39. The summed E-state index contributed by atoms with van der Waals surface area (Å²) in [7, 11) is 0. The van der Waals surface area contributed by atoms with Crippen molar-refractivity contribution in [3.63, 3.8) is 0 Å². The standard InChI is InChI=1S/C51H86O9/c1-3-5-7-9-11-13-15-17-19-21-22-23-24-25-26-28-30-32-34-36-38-40-47(53)59-45(44-58-51-50(56)49(55)48(54)46(42-52)60-51)43-57-41-39-37-35-33-31-29-27-20-18-16-14-12-10-8-6-4-2/h6,8,12,14-15,17-18,20-22,29,31,35,37,45-46,48-52,54-56H,3-5,7,9-11,13,16,19,23-28,30,32-34,36,38-44H2,1-2H3/b8-6-,14-12-,17-15-,20-18-,22-21-,31-29-,37-35-. The minimum Gasteiger partial charge on any atom is -0.457 e.